The van der Waals surface area contributed by atoms with Crippen LogP contribution in [-0.4, -0.2) is 14.3 Å². The highest BCUT2D eigenvalue weighted by atomic mass is 32.2. The molecule has 2 N–H and O–H groups in total. The zero-order valence-corrected chi connectivity index (χ0v) is 16.3. The molecule has 0 heterocycles. The molecule has 0 spiro atoms. The van der Waals surface area contributed by atoms with Crippen LogP contribution in [-0.2, 0) is 15.4 Å². The molecule has 0 saturated carbocycles. The summed E-state index contributed by atoms with van der Waals surface area (Å²) < 4.78 is 38.2. The molecule has 0 radical (unpaired) electrons. The van der Waals surface area contributed by atoms with Crippen molar-refractivity contribution in [1.29, 1.82) is 0 Å². The predicted molar refractivity (Wildman–Crippen MR) is 98.8 cm³/mol. The van der Waals surface area contributed by atoms with Gasteiger partial charge in [-0.1, -0.05) is 32.9 Å². The summed E-state index contributed by atoms with van der Waals surface area (Å²) in [6.07, 6.45) is 0. The second-order valence-corrected chi connectivity index (χ2v) is 8.87. The van der Waals surface area contributed by atoms with Gasteiger partial charge in [0.15, 0.2) is 0 Å². The molecule has 0 unspecified atom stereocenters. The van der Waals surface area contributed by atoms with E-state index in [0.29, 0.717) is 11.1 Å². The van der Waals surface area contributed by atoms with Crippen molar-refractivity contribution in [3.05, 3.63) is 64.5 Å². The van der Waals surface area contributed by atoms with Crippen molar-refractivity contribution in [2.24, 2.45) is 0 Å². The van der Waals surface area contributed by atoms with Crippen LogP contribution < -0.4 is 10.3 Å². The number of nitrogens with one attached hydrogen (secondary N) is 2. The van der Waals surface area contributed by atoms with E-state index in [1.54, 1.807) is 13.8 Å². The van der Waals surface area contributed by atoms with Crippen LogP contribution in [0.25, 0.3) is 0 Å². The molecule has 0 aliphatic carbocycles. The molecule has 0 aliphatic rings. The van der Waals surface area contributed by atoms with Crippen molar-refractivity contribution < 1.29 is 17.6 Å². The van der Waals surface area contributed by atoms with E-state index in [1.807, 2.05) is 12.1 Å². The number of amides is 1. The van der Waals surface area contributed by atoms with Crippen LogP contribution in [0.5, 0.6) is 0 Å². The minimum Gasteiger partial charge on any atom is -0.273 e. The number of carbonyl (C=O) groups is 1. The minimum atomic E-state index is -3.95. The lowest BCUT2D eigenvalue weighted by Gasteiger charge is -2.22. The van der Waals surface area contributed by atoms with E-state index in [4.69, 9.17) is 0 Å². The Morgan fingerprint density at radius 3 is 1.96 bits per heavy atom. The maximum Gasteiger partial charge on any atom is 0.266 e. The van der Waals surface area contributed by atoms with Crippen molar-refractivity contribution in [1.82, 2.24) is 10.3 Å². The summed E-state index contributed by atoms with van der Waals surface area (Å²) in [6.45, 7) is 9.60. The van der Waals surface area contributed by atoms with Gasteiger partial charge in [-0.15, -0.1) is 4.83 Å². The maximum absolute atomic E-state index is 12.9. The molecule has 2 aromatic carbocycles. The summed E-state index contributed by atoms with van der Waals surface area (Å²) in [5.74, 6) is -1.15. The Bertz CT molecular complexity index is 907. The van der Waals surface area contributed by atoms with E-state index in [9.17, 15) is 17.6 Å². The number of hydrogen-bond acceptors (Lipinski definition) is 3. The molecule has 0 aliphatic heterocycles. The Kier molecular flexibility index (Phi) is 5.53. The molecule has 0 bridgehead atoms. The molecule has 140 valence electrons. The Balaban J connectivity index is 2.25. The van der Waals surface area contributed by atoms with E-state index in [0.717, 1.165) is 17.7 Å². The molecular formula is C19H23FN2O3S. The summed E-state index contributed by atoms with van der Waals surface area (Å²) in [4.78, 5) is 14.3. The molecule has 0 saturated heterocycles. The lowest BCUT2D eigenvalue weighted by atomic mass is 9.85. The Hall–Kier alpha value is -2.25. The summed E-state index contributed by atoms with van der Waals surface area (Å²) in [5, 5.41) is 0. The van der Waals surface area contributed by atoms with Gasteiger partial charge in [0.25, 0.3) is 15.9 Å². The van der Waals surface area contributed by atoms with Gasteiger partial charge in [0, 0.05) is 5.56 Å². The predicted octanol–water partition coefficient (Wildman–Crippen LogP) is 3.36. The van der Waals surface area contributed by atoms with Crippen LogP contribution >= 0.6 is 0 Å². The van der Waals surface area contributed by atoms with Gasteiger partial charge in [-0.3, -0.25) is 10.2 Å². The monoisotopic (exact) mass is 378 g/mol. The third-order valence-corrected chi connectivity index (χ3v) is 5.55. The van der Waals surface area contributed by atoms with Crippen LogP contribution in [0.3, 0.4) is 0 Å². The van der Waals surface area contributed by atoms with E-state index in [-0.39, 0.29) is 15.9 Å². The first-order valence-electron chi connectivity index (χ1n) is 8.11. The average molecular weight is 378 g/mol. The van der Waals surface area contributed by atoms with E-state index < -0.39 is 21.7 Å². The van der Waals surface area contributed by atoms with Crippen LogP contribution in [0.2, 0.25) is 0 Å². The van der Waals surface area contributed by atoms with Crippen LogP contribution in [0, 0.1) is 19.7 Å². The fourth-order valence-corrected chi connectivity index (χ4v) is 3.94. The van der Waals surface area contributed by atoms with Gasteiger partial charge in [0.1, 0.15) is 5.82 Å². The SMILES string of the molecule is Cc1cc(C(C)(C)C)cc(C)c1S(=O)(=O)NNC(=O)c1ccc(F)cc1. The van der Waals surface area contributed by atoms with Crippen molar-refractivity contribution >= 4 is 15.9 Å². The highest BCUT2D eigenvalue weighted by molar-refractivity contribution is 7.89. The highest BCUT2D eigenvalue weighted by Crippen LogP contribution is 2.28. The molecule has 0 aromatic heterocycles. The standard InChI is InChI=1S/C19H23FN2O3S/c1-12-10-15(19(3,4)5)11-13(2)17(12)26(24,25)22-21-18(23)14-6-8-16(20)9-7-14/h6-11,22H,1-5H3,(H,21,23). The first-order valence-corrected chi connectivity index (χ1v) is 9.59. The van der Waals surface area contributed by atoms with Crippen LogP contribution in [0.4, 0.5) is 4.39 Å². The third-order valence-electron chi connectivity index (χ3n) is 4.00. The summed E-state index contributed by atoms with van der Waals surface area (Å²) in [6, 6.07) is 8.47. The van der Waals surface area contributed by atoms with Crippen molar-refractivity contribution in [2.45, 2.75) is 44.9 Å². The molecule has 1 amide bonds. The highest BCUT2D eigenvalue weighted by Gasteiger charge is 2.23. The number of hydrazine groups is 1. The molecular weight excluding hydrogens is 355 g/mol. The molecule has 0 atom stereocenters. The largest absolute Gasteiger partial charge is 0.273 e. The Labute approximate surface area is 153 Å². The zero-order chi connectivity index (χ0) is 19.7. The average Bonchev–Trinajstić information content (AvgIpc) is 2.51. The molecule has 2 aromatic rings. The number of halogens is 1. The Morgan fingerprint density at radius 2 is 1.50 bits per heavy atom. The number of hydrogen-bond donors (Lipinski definition) is 2. The van der Waals surface area contributed by atoms with Gasteiger partial charge in [0.05, 0.1) is 4.90 Å². The summed E-state index contributed by atoms with van der Waals surface area (Å²) in [7, 11) is -3.95. The van der Waals surface area contributed by atoms with Gasteiger partial charge < -0.3 is 0 Å². The van der Waals surface area contributed by atoms with E-state index >= 15 is 0 Å². The van der Waals surface area contributed by atoms with Gasteiger partial charge in [-0.2, -0.15) is 0 Å². The fourth-order valence-electron chi connectivity index (χ4n) is 2.65. The van der Waals surface area contributed by atoms with Gasteiger partial charge >= 0.3 is 0 Å². The lowest BCUT2D eigenvalue weighted by molar-refractivity contribution is 0.0945. The van der Waals surface area contributed by atoms with Gasteiger partial charge in [0.2, 0.25) is 0 Å². The number of rotatable bonds is 4. The second kappa shape index (κ2) is 7.17. The van der Waals surface area contributed by atoms with Crippen molar-refractivity contribution in [3.8, 4) is 0 Å². The first-order chi connectivity index (χ1) is 11.9. The smallest absolute Gasteiger partial charge is 0.266 e. The van der Waals surface area contributed by atoms with Crippen molar-refractivity contribution in [3.63, 3.8) is 0 Å². The quantitative estimate of drug-likeness (QED) is 0.801. The normalized spacial score (nSPS) is 12.1. The third kappa shape index (κ3) is 4.47. The van der Waals surface area contributed by atoms with Crippen LogP contribution in [0.15, 0.2) is 41.3 Å². The van der Waals surface area contributed by atoms with Gasteiger partial charge in [-0.25, -0.2) is 12.8 Å². The molecule has 7 heteroatoms. The van der Waals surface area contributed by atoms with Gasteiger partial charge in [-0.05, 0) is 60.2 Å². The minimum absolute atomic E-state index is 0.109. The first kappa shape index (κ1) is 20.1. The topological polar surface area (TPSA) is 75.3 Å². The zero-order valence-electron chi connectivity index (χ0n) is 15.5. The van der Waals surface area contributed by atoms with Crippen LogP contribution in [0.1, 0.15) is 47.8 Å². The fraction of sp³-hybridized carbons (Fsp3) is 0.316. The molecule has 0 fully saturated rings. The second-order valence-electron chi connectivity index (χ2n) is 7.26. The Morgan fingerprint density at radius 1 is 1.00 bits per heavy atom. The number of carbonyl (C=O) groups excluding carboxylic acids is 1. The van der Waals surface area contributed by atoms with Crippen molar-refractivity contribution in [2.75, 3.05) is 0 Å². The summed E-state index contributed by atoms with van der Waals surface area (Å²) in [5.41, 5.74) is 4.41. The summed E-state index contributed by atoms with van der Waals surface area (Å²) >= 11 is 0. The van der Waals surface area contributed by atoms with E-state index in [1.165, 1.54) is 12.1 Å². The number of benzene rings is 2. The molecule has 26 heavy (non-hydrogen) atoms. The lowest BCUT2D eigenvalue weighted by Crippen LogP contribution is -2.42. The molecule has 2 rings (SSSR count). The van der Waals surface area contributed by atoms with E-state index in [2.05, 4.69) is 31.0 Å². The number of aryl methyl sites for hydroxylation is 2. The maximum atomic E-state index is 12.9. The molecule has 5 nitrogen and oxygen atoms in total. The number of sulfonamides is 1.